The number of benzene rings is 1. The van der Waals surface area contributed by atoms with Crippen LogP contribution in [0.25, 0.3) is 20.8 Å². The van der Waals surface area contributed by atoms with Crippen LogP contribution in [0.4, 0.5) is 17.5 Å². The highest BCUT2D eigenvalue weighted by molar-refractivity contribution is 7.21. The lowest BCUT2D eigenvalue weighted by Crippen LogP contribution is -2.61. The van der Waals surface area contributed by atoms with Crippen LogP contribution in [0.15, 0.2) is 54.7 Å². The van der Waals surface area contributed by atoms with E-state index in [0.717, 1.165) is 45.5 Å². The van der Waals surface area contributed by atoms with Crippen LogP contribution in [-0.2, 0) is 0 Å². The zero-order chi connectivity index (χ0) is 23.2. The number of piperidine rings is 2. The number of amides is 1. The first-order valence-electron chi connectivity index (χ1n) is 11.4. The highest BCUT2D eigenvalue weighted by Gasteiger charge is 2.37. The fourth-order valence-electron chi connectivity index (χ4n) is 4.94. The molecule has 3 aliphatic rings. The molecule has 0 unspecified atom stereocenters. The zero-order valence-corrected chi connectivity index (χ0v) is 19.6. The number of nitrogens with one attached hydrogen (secondary N) is 1. The number of primary amides is 1. The van der Waals surface area contributed by atoms with Gasteiger partial charge in [0.15, 0.2) is 0 Å². The van der Waals surface area contributed by atoms with Crippen LogP contribution in [0, 0.1) is 0 Å². The quantitative estimate of drug-likeness (QED) is 0.456. The zero-order valence-electron chi connectivity index (χ0n) is 18.8. The molecule has 0 spiro atoms. The van der Waals surface area contributed by atoms with Gasteiger partial charge in [0.05, 0.1) is 10.2 Å². The Morgan fingerprint density at radius 3 is 2.71 bits per heavy atom. The Labute approximate surface area is 201 Å². The number of hydrogen-bond acceptors (Lipinski definition) is 8. The number of carbonyl (C=O) groups is 1. The Morgan fingerprint density at radius 1 is 1.06 bits per heavy atom. The summed E-state index contributed by atoms with van der Waals surface area (Å²) in [5.41, 5.74) is 7.60. The molecule has 7 rings (SSSR count). The van der Waals surface area contributed by atoms with Gasteiger partial charge in [-0.2, -0.15) is 0 Å². The molecule has 34 heavy (non-hydrogen) atoms. The fourth-order valence-corrected chi connectivity index (χ4v) is 5.85. The first-order valence-corrected chi connectivity index (χ1v) is 12.2. The number of anilines is 3. The minimum absolute atomic E-state index is 0.449. The molecule has 2 bridgehead atoms. The van der Waals surface area contributed by atoms with E-state index in [9.17, 15) is 4.79 Å². The van der Waals surface area contributed by atoms with Crippen molar-refractivity contribution in [3.8, 4) is 10.6 Å². The highest BCUT2D eigenvalue weighted by Crippen LogP contribution is 2.33. The number of pyridine rings is 2. The maximum atomic E-state index is 11.5. The van der Waals surface area contributed by atoms with Crippen molar-refractivity contribution in [2.24, 2.45) is 5.73 Å². The van der Waals surface area contributed by atoms with Gasteiger partial charge in [-0.1, -0.05) is 18.2 Å². The summed E-state index contributed by atoms with van der Waals surface area (Å²) < 4.78 is 0.972. The van der Waals surface area contributed by atoms with Gasteiger partial charge in [0.2, 0.25) is 5.91 Å². The third-order valence-corrected chi connectivity index (χ3v) is 7.81. The maximum absolute atomic E-state index is 11.5. The van der Waals surface area contributed by atoms with Gasteiger partial charge in [-0.25, -0.2) is 15.0 Å². The van der Waals surface area contributed by atoms with Gasteiger partial charge >= 0.3 is 0 Å². The van der Waals surface area contributed by atoms with Gasteiger partial charge in [0, 0.05) is 48.6 Å². The van der Waals surface area contributed by atoms with E-state index >= 15 is 0 Å². The third-order valence-electron chi connectivity index (χ3n) is 6.76. The number of rotatable bonds is 5. The summed E-state index contributed by atoms with van der Waals surface area (Å²) in [6, 6.07) is 16.4. The number of thiazole rings is 1. The van der Waals surface area contributed by atoms with Crippen molar-refractivity contribution in [2.75, 3.05) is 30.4 Å². The van der Waals surface area contributed by atoms with Crippen molar-refractivity contribution < 1.29 is 4.79 Å². The molecule has 0 aliphatic carbocycles. The molecule has 9 heteroatoms. The van der Waals surface area contributed by atoms with E-state index in [0.29, 0.717) is 23.5 Å². The first-order chi connectivity index (χ1) is 16.5. The number of nitrogens with zero attached hydrogens (tertiary/aromatic N) is 5. The molecule has 2 atom stereocenters. The van der Waals surface area contributed by atoms with Crippen molar-refractivity contribution in [1.29, 1.82) is 0 Å². The maximum Gasteiger partial charge on any atom is 0.248 e. The molecular weight excluding hydrogens is 446 g/mol. The van der Waals surface area contributed by atoms with E-state index in [1.807, 2.05) is 36.5 Å². The molecule has 0 radical (unpaired) electrons. The molecule has 3 saturated heterocycles. The molecule has 3 N–H and O–H groups in total. The SMILES string of the molecule is CN1C[C@H]2CC[C@H]1CN2c1cccc(Nc2cc3nc(-c4cccc(C(N)=O)c4)sc3cn2)n1. The second-order valence-electron chi connectivity index (χ2n) is 8.98. The van der Waals surface area contributed by atoms with Crippen molar-refractivity contribution in [3.05, 3.63) is 60.3 Å². The van der Waals surface area contributed by atoms with Gasteiger partial charge in [-0.05, 0) is 44.2 Å². The molecule has 3 aliphatic heterocycles. The van der Waals surface area contributed by atoms with Gasteiger partial charge in [0.1, 0.15) is 22.5 Å². The monoisotopic (exact) mass is 471 g/mol. The summed E-state index contributed by atoms with van der Waals surface area (Å²) in [6.07, 6.45) is 4.31. The lowest BCUT2D eigenvalue weighted by Gasteiger charge is -2.50. The number of aromatic nitrogens is 3. The van der Waals surface area contributed by atoms with Crippen LogP contribution in [0.1, 0.15) is 23.2 Å². The number of likely N-dealkylation sites (N-methyl/N-ethyl adjacent to an activating group) is 1. The van der Waals surface area contributed by atoms with Crippen LogP contribution in [0.5, 0.6) is 0 Å². The minimum atomic E-state index is -0.449. The van der Waals surface area contributed by atoms with E-state index in [1.54, 1.807) is 12.1 Å². The third kappa shape index (κ3) is 3.86. The Balaban J connectivity index is 1.24. The molecule has 1 amide bonds. The lowest BCUT2D eigenvalue weighted by molar-refractivity contribution is 0.100. The molecular formula is C25H25N7OS. The summed E-state index contributed by atoms with van der Waals surface area (Å²) in [5, 5.41) is 4.17. The number of nitrogens with two attached hydrogens (primary N) is 1. The summed E-state index contributed by atoms with van der Waals surface area (Å²) >= 11 is 1.53. The Kier molecular flexibility index (Phi) is 5.15. The summed E-state index contributed by atoms with van der Waals surface area (Å²) in [6.45, 7) is 2.12. The second kappa shape index (κ2) is 8.34. The average molecular weight is 472 g/mol. The first kappa shape index (κ1) is 21.0. The summed E-state index contributed by atoms with van der Waals surface area (Å²) in [4.78, 5) is 30.7. The molecule has 8 nitrogen and oxygen atoms in total. The summed E-state index contributed by atoms with van der Waals surface area (Å²) in [7, 11) is 2.22. The van der Waals surface area contributed by atoms with Gasteiger partial charge in [-0.3, -0.25) is 9.69 Å². The molecule has 4 aromatic rings. The van der Waals surface area contributed by atoms with E-state index < -0.39 is 5.91 Å². The topological polar surface area (TPSA) is 100 Å². The summed E-state index contributed by atoms with van der Waals surface area (Å²) in [5.74, 6) is 2.03. The van der Waals surface area contributed by atoms with Crippen molar-refractivity contribution in [3.63, 3.8) is 0 Å². The average Bonchev–Trinajstić information content (AvgIpc) is 3.28. The van der Waals surface area contributed by atoms with Crippen LogP contribution in [-0.4, -0.2) is 58.0 Å². The molecule has 3 fully saturated rings. The smallest absolute Gasteiger partial charge is 0.248 e. The van der Waals surface area contributed by atoms with Gasteiger partial charge in [0.25, 0.3) is 0 Å². The van der Waals surface area contributed by atoms with Gasteiger partial charge in [-0.15, -0.1) is 11.3 Å². The van der Waals surface area contributed by atoms with Crippen LogP contribution >= 0.6 is 11.3 Å². The number of hydrogen-bond donors (Lipinski definition) is 2. The van der Waals surface area contributed by atoms with E-state index in [4.69, 9.17) is 15.7 Å². The van der Waals surface area contributed by atoms with E-state index in [-0.39, 0.29) is 0 Å². The van der Waals surface area contributed by atoms with E-state index in [2.05, 4.69) is 33.2 Å². The predicted octanol–water partition coefficient (Wildman–Crippen LogP) is 3.88. The number of fused-ring (bicyclic) bond motifs is 4. The van der Waals surface area contributed by atoms with E-state index in [1.165, 1.54) is 24.2 Å². The predicted molar refractivity (Wildman–Crippen MR) is 136 cm³/mol. The van der Waals surface area contributed by atoms with Gasteiger partial charge < -0.3 is 16.0 Å². The highest BCUT2D eigenvalue weighted by atomic mass is 32.1. The second-order valence-corrected chi connectivity index (χ2v) is 10.0. The minimum Gasteiger partial charge on any atom is -0.366 e. The largest absolute Gasteiger partial charge is 0.366 e. The number of piperazine rings is 1. The molecule has 0 saturated carbocycles. The normalized spacial score (nSPS) is 20.1. The standard InChI is InChI=1S/C25H25N7OS/c1-31-13-18-9-8-17(31)14-32(18)23-7-3-6-21(30-23)29-22-11-19-20(12-27-22)34-25(28-19)16-5-2-4-15(10-16)24(26)33/h2-7,10-12,17-18H,8-9,13-14H2,1H3,(H2,26,33)(H,27,29,30)/t17-,18+/m0/s1. The van der Waals surface area contributed by atoms with Crippen molar-refractivity contribution in [1.82, 2.24) is 19.9 Å². The Morgan fingerprint density at radius 2 is 1.91 bits per heavy atom. The molecule has 172 valence electrons. The molecule has 3 aromatic heterocycles. The van der Waals surface area contributed by atoms with Crippen molar-refractivity contribution in [2.45, 2.75) is 24.9 Å². The molecule has 1 aromatic carbocycles. The van der Waals surface area contributed by atoms with Crippen LogP contribution in [0.2, 0.25) is 0 Å². The Bertz CT molecular complexity index is 1390. The number of carbonyl (C=O) groups excluding carboxylic acids is 1. The fraction of sp³-hybridized carbons (Fsp3) is 0.280. The Hall–Kier alpha value is -3.56. The van der Waals surface area contributed by atoms with Crippen LogP contribution in [0.3, 0.4) is 0 Å². The lowest BCUT2D eigenvalue weighted by atomic mass is 9.91. The van der Waals surface area contributed by atoms with Crippen LogP contribution < -0.4 is 16.0 Å². The molecule has 6 heterocycles. The van der Waals surface area contributed by atoms with Crippen molar-refractivity contribution >= 4 is 44.9 Å².